The minimum atomic E-state index is 0.755. The van der Waals surface area contributed by atoms with E-state index in [0.717, 1.165) is 28.4 Å². The van der Waals surface area contributed by atoms with Gasteiger partial charge in [-0.05, 0) is 36.8 Å². The van der Waals surface area contributed by atoms with E-state index in [2.05, 4.69) is 18.1 Å². The highest BCUT2D eigenvalue weighted by Crippen LogP contribution is 2.18. The molecule has 1 aromatic rings. The van der Waals surface area contributed by atoms with E-state index in [1.807, 2.05) is 38.2 Å². The average Bonchev–Trinajstić information content (AvgIpc) is 2.18. The lowest BCUT2D eigenvalue weighted by molar-refractivity contribution is 0.991. The Bertz CT molecular complexity index is 365. The van der Waals surface area contributed by atoms with Crippen LogP contribution in [0, 0.1) is 0 Å². The van der Waals surface area contributed by atoms with Crippen molar-refractivity contribution in [3.05, 3.63) is 53.6 Å². The van der Waals surface area contributed by atoms with Crippen molar-refractivity contribution in [2.45, 2.75) is 6.92 Å². The molecule has 0 fully saturated rings. The fourth-order valence-corrected chi connectivity index (χ4v) is 1.33. The Morgan fingerprint density at radius 2 is 1.80 bits per heavy atom. The van der Waals surface area contributed by atoms with Crippen LogP contribution >= 0.6 is 11.6 Å². The van der Waals surface area contributed by atoms with E-state index in [0.29, 0.717) is 0 Å². The molecular formula is C13H16ClN. The zero-order chi connectivity index (χ0) is 11.4. The van der Waals surface area contributed by atoms with Crippen molar-refractivity contribution in [3.63, 3.8) is 0 Å². The van der Waals surface area contributed by atoms with Crippen LogP contribution in [0.4, 0.5) is 5.69 Å². The first kappa shape index (κ1) is 11.9. The molecule has 0 aromatic heterocycles. The maximum absolute atomic E-state index is 5.82. The summed E-state index contributed by atoms with van der Waals surface area (Å²) in [5, 5.41) is 0.755. The van der Waals surface area contributed by atoms with E-state index < -0.39 is 0 Å². The number of nitrogens with zero attached hydrogens (tertiary/aromatic N) is 1. The summed E-state index contributed by atoms with van der Waals surface area (Å²) in [6, 6.07) is 7.76. The molecule has 2 heteroatoms. The van der Waals surface area contributed by atoms with Crippen LogP contribution in [0.1, 0.15) is 6.92 Å². The summed E-state index contributed by atoms with van der Waals surface area (Å²) < 4.78 is 0. The Balaban J connectivity index is 2.69. The predicted molar refractivity (Wildman–Crippen MR) is 68.7 cm³/mol. The van der Waals surface area contributed by atoms with Crippen molar-refractivity contribution in [2.24, 2.45) is 0 Å². The third-order valence-electron chi connectivity index (χ3n) is 2.30. The summed E-state index contributed by atoms with van der Waals surface area (Å²) in [5.74, 6) is 0. The van der Waals surface area contributed by atoms with E-state index in [-0.39, 0.29) is 0 Å². The Hall–Kier alpha value is -1.21. The van der Waals surface area contributed by atoms with Crippen LogP contribution in [0.25, 0.3) is 0 Å². The molecule has 1 nitrogen and oxygen atoms in total. The van der Waals surface area contributed by atoms with Gasteiger partial charge in [0.15, 0.2) is 0 Å². The summed E-state index contributed by atoms with van der Waals surface area (Å²) in [6.45, 7) is 10.6. The lowest BCUT2D eigenvalue weighted by Gasteiger charge is -2.20. The van der Waals surface area contributed by atoms with Crippen LogP contribution in [0.15, 0.2) is 48.6 Å². The molecular weight excluding hydrogens is 206 g/mol. The standard InChI is InChI=1S/C13H16ClN/c1-10(2)11(3)9-15(4)13-7-5-12(14)6-8-13/h5-8H,1,3,9H2,2,4H3. The fourth-order valence-electron chi connectivity index (χ4n) is 1.21. The Kier molecular flexibility index (Phi) is 3.98. The topological polar surface area (TPSA) is 3.24 Å². The second-order valence-corrected chi connectivity index (χ2v) is 4.15. The van der Waals surface area contributed by atoms with Crippen molar-refractivity contribution in [1.29, 1.82) is 0 Å². The van der Waals surface area contributed by atoms with E-state index in [1.165, 1.54) is 0 Å². The number of benzene rings is 1. The first-order valence-electron chi connectivity index (χ1n) is 4.81. The van der Waals surface area contributed by atoms with Gasteiger partial charge in [-0.15, -0.1) is 0 Å². The van der Waals surface area contributed by atoms with Crippen LogP contribution in [0.2, 0.25) is 5.02 Å². The van der Waals surface area contributed by atoms with Crippen LogP contribution in [-0.2, 0) is 0 Å². The molecule has 0 amide bonds. The molecule has 0 aliphatic carbocycles. The van der Waals surface area contributed by atoms with Crippen LogP contribution < -0.4 is 4.90 Å². The molecule has 0 aliphatic rings. The minimum absolute atomic E-state index is 0.755. The summed E-state index contributed by atoms with van der Waals surface area (Å²) >= 11 is 5.82. The molecule has 80 valence electrons. The van der Waals surface area contributed by atoms with Gasteiger partial charge in [-0.3, -0.25) is 0 Å². The Morgan fingerprint density at radius 1 is 1.27 bits per heavy atom. The molecule has 0 radical (unpaired) electrons. The van der Waals surface area contributed by atoms with Crippen molar-refractivity contribution < 1.29 is 0 Å². The third kappa shape index (κ3) is 3.45. The number of hydrogen-bond donors (Lipinski definition) is 0. The van der Waals surface area contributed by atoms with Crippen LogP contribution in [0.3, 0.4) is 0 Å². The summed E-state index contributed by atoms with van der Waals surface area (Å²) in [4.78, 5) is 2.12. The van der Waals surface area contributed by atoms with E-state index in [4.69, 9.17) is 11.6 Å². The second kappa shape index (κ2) is 5.04. The van der Waals surface area contributed by atoms with Gasteiger partial charge in [0.25, 0.3) is 0 Å². The fraction of sp³-hybridized carbons (Fsp3) is 0.231. The summed E-state index contributed by atoms with van der Waals surface area (Å²) in [6.07, 6.45) is 0. The highest BCUT2D eigenvalue weighted by atomic mass is 35.5. The number of anilines is 1. The van der Waals surface area contributed by atoms with Gasteiger partial charge in [0.05, 0.1) is 0 Å². The molecule has 0 saturated carbocycles. The maximum Gasteiger partial charge on any atom is 0.0422 e. The predicted octanol–water partition coefficient (Wildman–Crippen LogP) is 3.91. The van der Waals surface area contributed by atoms with Gasteiger partial charge < -0.3 is 4.90 Å². The molecule has 0 heterocycles. The van der Waals surface area contributed by atoms with Crippen LogP contribution in [-0.4, -0.2) is 13.6 Å². The van der Waals surface area contributed by atoms with Crippen molar-refractivity contribution in [2.75, 3.05) is 18.5 Å². The SMILES string of the molecule is C=C(C)C(=C)CN(C)c1ccc(Cl)cc1. The molecule has 0 unspecified atom stereocenters. The summed E-state index contributed by atoms with van der Waals surface area (Å²) in [7, 11) is 2.03. The molecule has 15 heavy (non-hydrogen) atoms. The van der Waals surface area contributed by atoms with Gasteiger partial charge in [0.1, 0.15) is 0 Å². The molecule has 0 saturated heterocycles. The molecule has 0 N–H and O–H groups in total. The number of rotatable bonds is 4. The normalized spacial score (nSPS) is 9.80. The van der Waals surface area contributed by atoms with Gasteiger partial charge in [-0.25, -0.2) is 0 Å². The van der Waals surface area contributed by atoms with E-state index in [1.54, 1.807) is 0 Å². The maximum atomic E-state index is 5.82. The highest BCUT2D eigenvalue weighted by molar-refractivity contribution is 6.30. The lowest BCUT2D eigenvalue weighted by atomic mass is 10.1. The molecule has 0 atom stereocenters. The third-order valence-corrected chi connectivity index (χ3v) is 2.55. The van der Waals surface area contributed by atoms with Gasteiger partial charge in [0, 0.05) is 24.3 Å². The number of hydrogen-bond acceptors (Lipinski definition) is 1. The zero-order valence-electron chi connectivity index (χ0n) is 9.26. The number of halogens is 1. The smallest absolute Gasteiger partial charge is 0.0422 e. The van der Waals surface area contributed by atoms with Crippen molar-refractivity contribution >= 4 is 17.3 Å². The minimum Gasteiger partial charge on any atom is -0.370 e. The second-order valence-electron chi connectivity index (χ2n) is 3.72. The van der Waals surface area contributed by atoms with Crippen molar-refractivity contribution in [3.8, 4) is 0 Å². The molecule has 0 bridgehead atoms. The first-order valence-corrected chi connectivity index (χ1v) is 5.19. The largest absolute Gasteiger partial charge is 0.370 e. The Morgan fingerprint density at radius 3 is 2.27 bits per heavy atom. The van der Waals surface area contributed by atoms with Gasteiger partial charge in [-0.2, -0.15) is 0 Å². The summed E-state index contributed by atoms with van der Waals surface area (Å²) in [5.41, 5.74) is 3.20. The zero-order valence-corrected chi connectivity index (χ0v) is 10.0. The molecule has 0 spiro atoms. The molecule has 1 rings (SSSR count). The Labute approximate surface area is 96.7 Å². The number of likely N-dealkylation sites (N-methyl/N-ethyl adjacent to an activating group) is 1. The van der Waals surface area contributed by atoms with Gasteiger partial charge >= 0.3 is 0 Å². The van der Waals surface area contributed by atoms with Crippen molar-refractivity contribution in [1.82, 2.24) is 0 Å². The highest BCUT2D eigenvalue weighted by Gasteiger charge is 2.02. The molecule has 0 aliphatic heterocycles. The van der Waals surface area contributed by atoms with Crippen LogP contribution in [0.5, 0.6) is 0 Å². The first-order chi connectivity index (χ1) is 7.00. The van der Waals surface area contributed by atoms with E-state index >= 15 is 0 Å². The quantitative estimate of drug-likeness (QED) is 0.697. The molecule has 1 aromatic carbocycles. The monoisotopic (exact) mass is 221 g/mol. The average molecular weight is 222 g/mol. The lowest BCUT2D eigenvalue weighted by Crippen LogP contribution is -2.19. The van der Waals surface area contributed by atoms with E-state index in [9.17, 15) is 0 Å². The van der Waals surface area contributed by atoms with Gasteiger partial charge in [0.2, 0.25) is 0 Å². The van der Waals surface area contributed by atoms with Gasteiger partial charge in [-0.1, -0.05) is 30.3 Å².